The van der Waals surface area contributed by atoms with Gasteiger partial charge in [0.15, 0.2) is 0 Å². The van der Waals surface area contributed by atoms with Crippen LogP contribution in [-0.2, 0) is 5.41 Å². The number of piperazine rings is 1. The number of hydrogen-bond donors (Lipinski definition) is 1. The quantitative estimate of drug-likeness (QED) is 0.751. The lowest BCUT2D eigenvalue weighted by molar-refractivity contribution is 0.0656. The lowest BCUT2D eigenvalue weighted by atomic mass is 9.85. The summed E-state index contributed by atoms with van der Waals surface area (Å²) in [5, 5.41) is 11.3. The third-order valence-corrected chi connectivity index (χ3v) is 5.62. The van der Waals surface area contributed by atoms with Crippen LogP contribution < -0.4 is 9.64 Å². The molecule has 1 aliphatic heterocycles. The van der Waals surface area contributed by atoms with Crippen molar-refractivity contribution < 1.29 is 9.84 Å². The maximum absolute atomic E-state index is 10.5. The predicted octanol–water partition coefficient (Wildman–Crippen LogP) is 4.51. The predicted molar refractivity (Wildman–Crippen MR) is 121 cm³/mol. The number of halogens is 1. The van der Waals surface area contributed by atoms with E-state index in [1.54, 1.807) is 0 Å². The maximum Gasteiger partial charge on any atom is 0.123 e. The molecule has 0 bridgehead atoms. The number of ether oxygens (including phenoxy) is 1. The molecule has 2 aromatic carbocycles. The van der Waals surface area contributed by atoms with Crippen LogP contribution in [0.2, 0.25) is 5.02 Å². The minimum absolute atomic E-state index is 0.00295. The molecule has 0 amide bonds. The highest BCUT2D eigenvalue weighted by molar-refractivity contribution is 6.30. The van der Waals surface area contributed by atoms with Gasteiger partial charge < -0.3 is 14.7 Å². The first-order chi connectivity index (χ1) is 13.7. The second-order valence-electron chi connectivity index (χ2n) is 8.98. The van der Waals surface area contributed by atoms with E-state index in [1.807, 2.05) is 24.3 Å². The highest BCUT2D eigenvalue weighted by Gasteiger charge is 2.22. The normalized spacial score (nSPS) is 16.7. The third kappa shape index (κ3) is 6.11. The smallest absolute Gasteiger partial charge is 0.123 e. The summed E-state index contributed by atoms with van der Waals surface area (Å²) in [5.74, 6) is 0.868. The van der Waals surface area contributed by atoms with Gasteiger partial charge in [-0.15, -0.1) is 0 Å². The molecule has 1 fully saturated rings. The minimum atomic E-state index is -0.512. The Morgan fingerprint density at radius 3 is 2.45 bits per heavy atom. The van der Waals surface area contributed by atoms with Crippen molar-refractivity contribution in [1.82, 2.24) is 4.90 Å². The summed E-state index contributed by atoms with van der Waals surface area (Å²) < 4.78 is 6.02. The molecule has 1 saturated heterocycles. The lowest BCUT2D eigenvalue weighted by Gasteiger charge is -2.37. The summed E-state index contributed by atoms with van der Waals surface area (Å²) in [7, 11) is 0. The molecule has 0 aromatic heterocycles. The Morgan fingerprint density at radius 1 is 1.07 bits per heavy atom. The Kier molecular flexibility index (Phi) is 7.10. The third-order valence-electron chi connectivity index (χ3n) is 5.39. The second-order valence-corrected chi connectivity index (χ2v) is 9.42. The van der Waals surface area contributed by atoms with Crippen LogP contribution in [0.3, 0.4) is 0 Å². The molecule has 5 heteroatoms. The van der Waals surface area contributed by atoms with Crippen molar-refractivity contribution in [2.75, 3.05) is 44.2 Å². The molecule has 2 aromatic rings. The molecule has 29 heavy (non-hydrogen) atoms. The topological polar surface area (TPSA) is 35.9 Å². The molecule has 0 spiro atoms. The first-order valence-corrected chi connectivity index (χ1v) is 10.7. The van der Waals surface area contributed by atoms with Gasteiger partial charge in [0, 0.05) is 43.4 Å². The Morgan fingerprint density at radius 2 is 1.79 bits per heavy atom. The van der Waals surface area contributed by atoms with Gasteiger partial charge in [-0.2, -0.15) is 0 Å². The Bertz CT molecular complexity index is 811. The summed E-state index contributed by atoms with van der Waals surface area (Å²) in [6.45, 7) is 13.3. The zero-order valence-corrected chi connectivity index (χ0v) is 18.7. The first-order valence-electron chi connectivity index (χ1n) is 10.4. The molecule has 0 aliphatic carbocycles. The van der Waals surface area contributed by atoms with Crippen molar-refractivity contribution in [2.24, 2.45) is 0 Å². The zero-order chi connectivity index (χ0) is 21.0. The molecule has 3 rings (SSSR count). The van der Waals surface area contributed by atoms with Crippen LogP contribution >= 0.6 is 11.6 Å². The molecule has 0 radical (unpaired) electrons. The van der Waals surface area contributed by atoms with E-state index in [0.717, 1.165) is 42.6 Å². The molecule has 0 saturated carbocycles. The van der Waals surface area contributed by atoms with Crippen molar-refractivity contribution >= 4 is 17.3 Å². The van der Waals surface area contributed by atoms with Gasteiger partial charge in [0.2, 0.25) is 0 Å². The number of benzene rings is 2. The molecule has 1 N–H and O–H groups in total. The van der Waals surface area contributed by atoms with Gasteiger partial charge in [0.25, 0.3) is 0 Å². The number of aryl methyl sites for hydroxylation is 1. The van der Waals surface area contributed by atoms with E-state index in [2.05, 4.69) is 55.7 Å². The van der Waals surface area contributed by atoms with Crippen LogP contribution in [0.25, 0.3) is 0 Å². The first kappa shape index (κ1) is 21.9. The second kappa shape index (κ2) is 9.38. The summed E-state index contributed by atoms with van der Waals surface area (Å²) in [6, 6.07) is 14.3. The fourth-order valence-corrected chi connectivity index (χ4v) is 3.94. The van der Waals surface area contributed by atoms with E-state index in [9.17, 15) is 5.11 Å². The monoisotopic (exact) mass is 416 g/mol. The van der Waals surface area contributed by atoms with Crippen molar-refractivity contribution in [3.05, 3.63) is 58.6 Å². The van der Waals surface area contributed by atoms with Gasteiger partial charge in [-0.05, 0) is 42.2 Å². The Labute approximate surface area is 180 Å². The van der Waals surface area contributed by atoms with Gasteiger partial charge in [0.1, 0.15) is 18.5 Å². The maximum atomic E-state index is 10.5. The van der Waals surface area contributed by atoms with Gasteiger partial charge in [-0.25, -0.2) is 0 Å². The number of hydrogen-bond acceptors (Lipinski definition) is 4. The van der Waals surface area contributed by atoms with E-state index in [1.165, 1.54) is 11.1 Å². The van der Waals surface area contributed by atoms with Gasteiger partial charge in [-0.1, -0.05) is 56.1 Å². The average molecular weight is 417 g/mol. The van der Waals surface area contributed by atoms with E-state index in [0.29, 0.717) is 13.2 Å². The van der Waals surface area contributed by atoms with E-state index >= 15 is 0 Å². The number of nitrogens with zero attached hydrogens (tertiary/aromatic N) is 2. The van der Waals surface area contributed by atoms with Gasteiger partial charge in [-0.3, -0.25) is 4.90 Å². The average Bonchev–Trinajstić information content (AvgIpc) is 2.67. The van der Waals surface area contributed by atoms with Crippen molar-refractivity contribution in [3.63, 3.8) is 0 Å². The number of anilines is 1. The van der Waals surface area contributed by atoms with Gasteiger partial charge >= 0.3 is 0 Å². The molecule has 0 unspecified atom stereocenters. The van der Waals surface area contributed by atoms with Gasteiger partial charge in [0.05, 0.1) is 0 Å². The van der Waals surface area contributed by atoms with Crippen LogP contribution in [-0.4, -0.2) is 55.4 Å². The standard InChI is InChI=1S/C24H33ClN2O2/c1-18-8-9-23(22(14-18)24(2,3)4)29-17-21(28)16-26-10-12-27(13-11-26)20-7-5-6-19(25)15-20/h5-9,14-15,21,28H,10-13,16-17H2,1-4H3/t21-/m0/s1. The minimum Gasteiger partial charge on any atom is -0.491 e. The highest BCUT2D eigenvalue weighted by atomic mass is 35.5. The van der Waals surface area contributed by atoms with E-state index < -0.39 is 6.10 Å². The summed E-state index contributed by atoms with van der Waals surface area (Å²) in [5.41, 5.74) is 3.57. The summed E-state index contributed by atoms with van der Waals surface area (Å²) >= 11 is 6.11. The van der Waals surface area contributed by atoms with Crippen LogP contribution in [0.4, 0.5) is 5.69 Å². The van der Waals surface area contributed by atoms with Crippen LogP contribution in [0.5, 0.6) is 5.75 Å². The summed E-state index contributed by atoms with van der Waals surface area (Å²) in [6.07, 6.45) is -0.512. The van der Waals surface area contributed by atoms with Crippen molar-refractivity contribution in [2.45, 2.75) is 39.2 Å². The lowest BCUT2D eigenvalue weighted by Crippen LogP contribution is -2.49. The molecule has 1 aliphatic rings. The molecule has 1 heterocycles. The number of rotatable bonds is 6. The van der Waals surface area contributed by atoms with Crippen molar-refractivity contribution in [3.8, 4) is 5.75 Å². The Balaban J connectivity index is 1.49. The van der Waals surface area contributed by atoms with Crippen LogP contribution in [0.1, 0.15) is 31.9 Å². The summed E-state index contributed by atoms with van der Waals surface area (Å²) in [4.78, 5) is 4.64. The SMILES string of the molecule is Cc1ccc(OC[C@@H](O)CN2CCN(c3cccc(Cl)c3)CC2)c(C(C)(C)C)c1. The van der Waals surface area contributed by atoms with Crippen molar-refractivity contribution in [1.29, 1.82) is 0 Å². The highest BCUT2D eigenvalue weighted by Crippen LogP contribution is 2.32. The Hall–Kier alpha value is -1.75. The molecule has 158 valence electrons. The van der Waals surface area contributed by atoms with E-state index in [4.69, 9.17) is 16.3 Å². The molecular weight excluding hydrogens is 384 g/mol. The van der Waals surface area contributed by atoms with E-state index in [-0.39, 0.29) is 5.41 Å². The molecular formula is C24H33ClN2O2. The molecule has 4 nitrogen and oxygen atoms in total. The molecule has 1 atom stereocenters. The number of aliphatic hydroxyl groups excluding tert-OH is 1. The number of β-amino-alcohol motifs (C(OH)–C–C–N with tert-alkyl or cyclic N) is 1. The van der Waals surface area contributed by atoms with Crippen LogP contribution in [0.15, 0.2) is 42.5 Å². The largest absolute Gasteiger partial charge is 0.491 e. The fourth-order valence-electron chi connectivity index (χ4n) is 3.75. The number of aliphatic hydroxyl groups is 1. The zero-order valence-electron chi connectivity index (χ0n) is 18.0. The van der Waals surface area contributed by atoms with Crippen LogP contribution in [0, 0.1) is 6.92 Å². The fraction of sp³-hybridized carbons (Fsp3) is 0.500.